The number of hydrogen-bond donors (Lipinski definition) is 2. The number of hydrogen-bond acceptors (Lipinski definition) is 3. The predicted molar refractivity (Wildman–Crippen MR) is 134 cm³/mol. The second-order valence-corrected chi connectivity index (χ2v) is 9.71. The molecule has 5 heteroatoms. The van der Waals surface area contributed by atoms with Crippen molar-refractivity contribution in [1.29, 1.82) is 0 Å². The quantitative estimate of drug-likeness (QED) is 0.576. The Bertz CT molecular complexity index is 885. The highest BCUT2D eigenvalue weighted by Crippen LogP contribution is 2.35. The molecule has 0 aliphatic heterocycles. The number of amides is 2. The molecule has 0 spiro atoms. The lowest BCUT2D eigenvalue weighted by molar-refractivity contribution is -0.127. The van der Waals surface area contributed by atoms with Crippen LogP contribution < -0.4 is 10.6 Å². The molecule has 2 amide bonds. The first-order valence-corrected chi connectivity index (χ1v) is 12.2. The Morgan fingerprint density at radius 1 is 0.909 bits per heavy atom. The molecule has 0 unspecified atom stereocenters. The number of carbonyl (C=O) groups excluding carboxylic acids is 2. The van der Waals surface area contributed by atoms with E-state index in [9.17, 15) is 9.59 Å². The summed E-state index contributed by atoms with van der Waals surface area (Å²) < 4.78 is 0. The zero-order chi connectivity index (χ0) is 23.7. The number of carbonyl (C=O) groups is 2. The fourth-order valence-corrected chi connectivity index (χ4v) is 4.77. The average Bonchev–Trinajstić information content (AvgIpc) is 2.81. The van der Waals surface area contributed by atoms with Crippen LogP contribution in [0.5, 0.6) is 0 Å². The molecule has 0 radical (unpaired) electrons. The normalized spacial score (nSPS) is 20.4. The van der Waals surface area contributed by atoms with E-state index in [1.54, 1.807) is 0 Å². The Morgan fingerprint density at radius 2 is 1.55 bits per heavy atom. The fraction of sp³-hybridized carbons (Fsp3) is 0.500. The lowest BCUT2D eigenvalue weighted by Gasteiger charge is -2.45. The van der Waals surface area contributed by atoms with Crippen LogP contribution in [0.25, 0.3) is 0 Å². The van der Waals surface area contributed by atoms with E-state index in [0.29, 0.717) is 6.54 Å². The summed E-state index contributed by atoms with van der Waals surface area (Å²) in [6, 6.07) is 19.1. The molecular weight excluding hydrogens is 410 g/mol. The zero-order valence-corrected chi connectivity index (χ0v) is 20.4. The molecular formula is C28H39N3O2. The van der Waals surface area contributed by atoms with Crippen molar-refractivity contribution in [1.82, 2.24) is 15.5 Å². The number of nitrogens with zero attached hydrogens (tertiary/aromatic N) is 1. The first-order chi connectivity index (χ1) is 15.9. The molecule has 0 bridgehead atoms. The number of rotatable bonds is 10. The van der Waals surface area contributed by atoms with Gasteiger partial charge in [0.15, 0.2) is 0 Å². The van der Waals surface area contributed by atoms with Gasteiger partial charge in [0.1, 0.15) is 0 Å². The molecule has 1 aliphatic rings. The molecule has 1 fully saturated rings. The molecule has 5 nitrogen and oxygen atoms in total. The minimum Gasteiger partial charge on any atom is -0.356 e. The van der Waals surface area contributed by atoms with Gasteiger partial charge in [-0.15, -0.1) is 0 Å². The second-order valence-electron chi connectivity index (χ2n) is 9.71. The van der Waals surface area contributed by atoms with Crippen molar-refractivity contribution in [2.75, 3.05) is 20.6 Å². The van der Waals surface area contributed by atoms with Gasteiger partial charge in [-0.25, -0.2) is 0 Å². The maximum absolute atomic E-state index is 12.4. The fourth-order valence-electron chi connectivity index (χ4n) is 4.77. The number of aryl methyl sites for hydroxylation is 1. The van der Waals surface area contributed by atoms with Gasteiger partial charge in [-0.05, 0) is 70.7 Å². The third kappa shape index (κ3) is 7.71. The molecule has 2 N–H and O–H groups in total. The van der Waals surface area contributed by atoms with Crippen LogP contribution >= 0.6 is 0 Å². The van der Waals surface area contributed by atoms with Gasteiger partial charge in [0.2, 0.25) is 11.8 Å². The summed E-state index contributed by atoms with van der Waals surface area (Å²) in [5.41, 5.74) is 3.99. The highest BCUT2D eigenvalue weighted by Gasteiger charge is 2.37. The highest BCUT2D eigenvalue weighted by molar-refractivity contribution is 5.83. The topological polar surface area (TPSA) is 61.4 Å². The van der Waals surface area contributed by atoms with Crippen LogP contribution in [-0.2, 0) is 22.4 Å². The molecule has 0 heterocycles. The summed E-state index contributed by atoms with van der Waals surface area (Å²) >= 11 is 0. The average molecular weight is 450 g/mol. The van der Waals surface area contributed by atoms with Crippen LogP contribution in [0.15, 0.2) is 54.6 Å². The van der Waals surface area contributed by atoms with E-state index < -0.39 is 0 Å². The second kappa shape index (κ2) is 12.0. The van der Waals surface area contributed by atoms with E-state index in [4.69, 9.17) is 0 Å². The van der Waals surface area contributed by atoms with E-state index in [2.05, 4.69) is 73.0 Å². The maximum Gasteiger partial charge on any atom is 0.220 e. The van der Waals surface area contributed by atoms with Crippen molar-refractivity contribution in [3.05, 3.63) is 71.3 Å². The Hall–Kier alpha value is -2.66. The predicted octanol–water partition coefficient (Wildman–Crippen LogP) is 4.04. The number of likely N-dealkylation sites (N-methyl/N-ethyl adjacent to an activating group) is 1. The summed E-state index contributed by atoms with van der Waals surface area (Å²) in [7, 11) is 4.34. The molecule has 0 aromatic heterocycles. The standard InChI is InChI=1S/C28H39N3O2/c1-22-9-11-24(12-10-22)21-28(31(2)3)18-15-25(16-19-28)30-27(33)14-13-26(32)29-20-17-23-7-5-4-6-8-23/h4-12,25H,13-21H2,1-3H3,(H,29,32)(H,30,33). The van der Waals surface area contributed by atoms with Crippen LogP contribution in [0.2, 0.25) is 0 Å². The van der Waals surface area contributed by atoms with Gasteiger partial charge >= 0.3 is 0 Å². The molecule has 2 aromatic rings. The highest BCUT2D eigenvalue weighted by atomic mass is 16.2. The van der Waals surface area contributed by atoms with Crippen molar-refractivity contribution in [3.63, 3.8) is 0 Å². The summed E-state index contributed by atoms with van der Waals surface area (Å²) in [6.07, 6.45) is 6.37. The summed E-state index contributed by atoms with van der Waals surface area (Å²) in [5.74, 6) is -0.0801. The third-order valence-electron chi connectivity index (χ3n) is 7.04. The summed E-state index contributed by atoms with van der Waals surface area (Å²) in [4.78, 5) is 26.9. The Balaban J connectivity index is 1.38. The van der Waals surface area contributed by atoms with Gasteiger partial charge < -0.3 is 15.5 Å². The molecule has 3 rings (SSSR count). The number of benzene rings is 2. The first-order valence-electron chi connectivity index (χ1n) is 12.2. The molecule has 0 saturated heterocycles. The Morgan fingerprint density at radius 3 is 2.18 bits per heavy atom. The minimum atomic E-state index is -0.0607. The van der Waals surface area contributed by atoms with Crippen LogP contribution in [-0.4, -0.2) is 48.9 Å². The van der Waals surface area contributed by atoms with Crippen molar-refractivity contribution in [2.45, 2.75) is 69.9 Å². The zero-order valence-electron chi connectivity index (χ0n) is 20.4. The van der Waals surface area contributed by atoms with Crippen LogP contribution in [0.3, 0.4) is 0 Å². The van der Waals surface area contributed by atoms with Gasteiger partial charge in [-0.3, -0.25) is 9.59 Å². The molecule has 178 valence electrons. The van der Waals surface area contributed by atoms with E-state index in [1.807, 2.05) is 18.2 Å². The van der Waals surface area contributed by atoms with Crippen molar-refractivity contribution < 1.29 is 9.59 Å². The molecule has 33 heavy (non-hydrogen) atoms. The van der Waals surface area contributed by atoms with E-state index >= 15 is 0 Å². The molecule has 0 atom stereocenters. The largest absolute Gasteiger partial charge is 0.356 e. The lowest BCUT2D eigenvalue weighted by Crippen LogP contribution is -2.52. The smallest absolute Gasteiger partial charge is 0.220 e. The third-order valence-corrected chi connectivity index (χ3v) is 7.04. The van der Waals surface area contributed by atoms with E-state index in [1.165, 1.54) is 16.7 Å². The molecule has 1 saturated carbocycles. The van der Waals surface area contributed by atoms with Crippen LogP contribution in [0.1, 0.15) is 55.2 Å². The monoisotopic (exact) mass is 449 g/mol. The maximum atomic E-state index is 12.4. The van der Waals surface area contributed by atoms with E-state index in [0.717, 1.165) is 38.5 Å². The lowest BCUT2D eigenvalue weighted by atomic mass is 9.74. The summed E-state index contributed by atoms with van der Waals surface area (Å²) in [5, 5.41) is 6.08. The van der Waals surface area contributed by atoms with Gasteiger partial charge in [0.05, 0.1) is 0 Å². The van der Waals surface area contributed by atoms with Crippen molar-refractivity contribution in [2.24, 2.45) is 0 Å². The SMILES string of the molecule is Cc1ccc(CC2(N(C)C)CCC(NC(=O)CCC(=O)NCCc3ccccc3)CC2)cc1. The van der Waals surface area contributed by atoms with Gasteiger partial charge in [-0.2, -0.15) is 0 Å². The van der Waals surface area contributed by atoms with Crippen LogP contribution in [0, 0.1) is 6.92 Å². The van der Waals surface area contributed by atoms with Gasteiger partial charge in [0, 0.05) is 31.0 Å². The van der Waals surface area contributed by atoms with Crippen molar-refractivity contribution >= 4 is 11.8 Å². The van der Waals surface area contributed by atoms with Gasteiger partial charge in [-0.1, -0.05) is 60.2 Å². The first kappa shape index (κ1) is 25.0. The van der Waals surface area contributed by atoms with E-state index in [-0.39, 0.29) is 36.2 Å². The Labute approximate surface area is 199 Å². The number of nitrogens with one attached hydrogen (secondary N) is 2. The van der Waals surface area contributed by atoms with Crippen LogP contribution in [0.4, 0.5) is 0 Å². The van der Waals surface area contributed by atoms with Gasteiger partial charge in [0.25, 0.3) is 0 Å². The molecule has 2 aromatic carbocycles. The minimum absolute atomic E-state index is 0.0194. The summed E-state index contributed by atoms with van der Waals surface area (Å²) in [6.45, 7) is 2.72. The Kier molecular flexibility index (Phi) is 9.07. The van der Waals surface area contributed by atoms with Crippen molar-refractivity contribution in [3.8, 4) is 0 Å². The molecule has 1 aliphatic carbocycles.